The predicted octanol–water partition coefficient (Wildman–Crippen LogP) is 6.68. The van der Waals surface area contributed by atoms with Gasteiger partial charge in [-0.15, -0.1) is 0 Å². The molecule has 2 nitrogen and oxygen atoms in total. The fraction of sp³-hybridized carbons (Fsp3) is 0.118. The Morgan fingerprint density at radius 2 is 1.41 bits per heavy atom. The van der Waals surface area contributed by atoms with Crippen LogP contribution < -0.4 is 21.1 Å². The lowest BCUT2D eigenvalue weighted by atomic mass is 9.34. The normalized spacial score (nSPS) is 13.4. The highest BCUT2D eigenvalue weighted by atomic mass is 16.5. The third kappa shape index (κ3) is 2.72. The Morgan fingerprint density at radius 1 is 0.676 bits per heavy atom. The maximum Gasteiger partial charge on any atom is 0.256 e. The number of benzene rings is 5. The minimum Gasteiger partial charge on any atom is -0.457 e. The quantitative estimate of drug-likeness (QED) is 0.242. The molecule has 1 aromatic heterocycles. The van der Waals surface area contributed by atoms with E-state index in [0.29, 0.717) is 0 Å². The van der Waals surface area contributed by atoms with Crippen LogP contribution >= 0.6 is 0 Å². The molecule has 0 saturated carbocycles. The molecule has 8 rings (SSSR count). The minimum absolute atomic E-state index is 0.0794. The number of fused-ring (bicyclic) bond motifs is 8. The zero-order valence-electron chi connectivity index (χ0n) is 21.2. The summed E-state index contributed by atoms with van der Waals surface area (Å²) in [5.74, 6) is 2.01. The molecule has 0 spiro atoms. The number of para-hydroxylation sites is 3. The Morgan fingerprint density at radius 3 is 2.24 bits per heavy atom. The molecule has 0 aliphatic carbocycles. The predicted molar refractivity (Wildman–Crippen MR) is 156 cm³/mol. The van der Waals surface area contributed by atoms with Crippen LogP contribution in [0, 0.1) is 0 Å². The Bertz CT molecular complexity index is 1890. The maximum absolute atomic E-state index is 7.09. The van der Waals surface area contributed by atoms with E-state index in [4.69, 9.17) is 4.74 Å². The lowest BCUT2D eigenvalue weighted by molar-refractivity contribution is 0.461. The monoisotopic (exact) mass is 475 g/mol. The standard InChI is InChI=1S/C34H26BNO/c1-34(2,3)25-20-24-23-14-7-9-18-28(23)36-29-19-10-8-16-26(29)35-27-17-11-15-22(21-12-5-4-6-13-21)32(27)37-33(25)30(35)31(24)36/h4-20H,1-3H3. The third-order valence-electron chi connectivity index (χ3n) is 8.18. The summed E-state index contributed by atoms with van der Waals surface area (Å²) in [4.78, 5) is 0. The van der Waals surface area contributed by atoms with Gasteiger partial charge in [0.15, 0.2) is 0 Å². The zero-order valence-corrected chi connectivity index (χ0v) is 21.2. The second-order valence-corrected chi connectivity index (χ2v) is 11.3. The molecule has 0 unspecified atom stereocenters. The number of rotatable bonds is 1. The number of ether oxygens (including phenoxy) is 1. The highest BCUT2D eigenvalue weighted by Gasteiger charge is 2.43. The van der Waals surface area contributed by atoms with Crippen molar-refractivity contribution in [1.82, 2.24) is 4.57 Å². The topological polar surface area (TPSA) is 14.2 Å². The van der Waals surface area contributed by atoms with Crippen molar-refractivity contribution in [3.63, 3.8) is 0 Å². The molecule has 6 aromatic rings. The van der Waals surface area contributed by atoms with E-state index in [1.54, 1.807) is 0 Å². The minimum atomic E-state index is -0.0794. The smallest absolute Gasteiger partial charge is 0.256 e. The Hall–Kier alpha value is -4.24. The van der Waals surface area contributed by atoms with Gasteiger partial charge in [0.2, 0.25) is 0 Å². The molecule has 0 fully saturated rings. The van der Waals surface area contributed by atoms with Crippen LogP contribution in [0.15, 0.2) is 103 Å². The van der Waals surface area contributed by atoms with E-state index in [1.807, 2.05) is 0 Å². The Kier molecular flexibility index (Phi) is 4.05. The largest absolute Gasteiger partial charge is 0.457 e. The molecule has 3 heteroatoms. The lowest BCUT2D eigenvalue weighted by Crippen LogP contribution is -2.58. The molecule has 3 heterocycles. The van der Waals surface area contributed by atoms with Crippen LogP contribution in [0.4, 0.5) is 0 Å². The van der Waals surface area contributed by atoms with Gasteiger partial charge in [0.1, 0.15) is 11.5 Å². The molecule has 0 N–H and O–H groups in total. The second kappa shape index (κ2) is 7.17. The molecular formula is C34H26BNO. The average Bonchev–Trinajstić information content (AvgIpc) is 3.26. The highest BCUT2D eigenvalue weighted by Crippen LogP contribution is 2.45. The number of aromatic nitrogens is 1. The van der Waals surface area contributed by atoms with Crippen LogP contribution in [0.2, 0.25) is 0 Å². The summed E-state index contributed by atoms with van der Waals surface area (Å²) in [5.41, 5.74) is 11.2. The molecular weight excluding hydrogens is 449 g/mol. The van der Waals surface area contributed by atoms with Crippen LogP contribution in [-0.2, 0) is 5.41 Å². The van der Waals surface area contributed by atoms with Crippen LogP contribution in [0.5, 0.6) is 11.5 Å². The molecule has 37 heavy (non-hydrogen) atoms. The van der Waals surface area contributed by atoms with E-state index in [2.05, 4.69) is 128 Å². The molecule has 0 bridgehead atoms. The summed E-state index contributed by atoms with van der Waals surface area (Å²) in [6, 6.07) is 37.4. The van der Waals surface area contributed by atoms with E-state index >= 15 is 0 Å². The van der Waals surface area contributed by atoms with Crippen molar-refractivity contribution in [2.45, 2.75) is 26.2 Å². The van der Waals surface area contributed by atoms with Gasteiger partial charge in [0.25, 0.3) is 6.71 Å². The van der Waals surface area contributed by atoms with E-state index in [-0.39, 0.29) is 12.1 Å². The first-order chi connectivity index (χ1) is 18.0. The highest BCUT2D eigenvalue weighted by molar-refractivity contribution is 6.99. The zero-order chi connectivity index (χ0) is 24.9. The first kappa shape index (κ1) is 20.9. The molecule has 2 aliphatic heterocycles. The molecule has 5 aromatic carbocycles. The van der Waals surface area contributed by atoms with Crippen LogP contribution in [0.25, 0.3) is 38.6 Å². The van der Waals surface area contributed by atoms with Crippen molar-refractivity contribution in [3.05, 3.63) is 109 Å². The van der Waals surface area contributed by atoms with Gasteiger partial charge in [-0.05, 0) is 45.6 Å². The van der Waals surface area contributed by atoms with Crippen LogP contribution in [0.1, 0.15) is 26.3 Å². The molecule has 0 atom stereocenters. The van der Waals surface area contributed by atoms with Crippen LogP contribution in [0.3, 0.4) is 0 Å². The third-order valence-corrected chi connectivity index (χ3v) is 8.18. The van der Waals surface area contributed by atoms with Gasteiger partial charge in [-0.3, -0.25) is 0 Å². The Labute approximate surface area is 217 Å². The SMILES string of the molecule is CC(C)(C)c1cc2c3ccccc3n3c2c2c1Oc1c(cccc1-c1ccccc1)B2c1ccccc1-3. The van der Waals surface area contributed by atoms with Gasteiger partial charge in [-0.1, -0.05) is 106 Å². The molecule has 2 aliphatic rings. The van der Waals surface area contributed by atoms with Crippen molar-refractivity contribution >= 4 is 44.9 Å². The molecule has 0 saturated heterocycles. The first-order valence-corrected chi connectivity index (χ1v) is 13.1. The van der Waals surface area contributed by atoms with E-state index in [0.717, 1.165) is 17.1 Å². The summed E-state index contributed by atoms with van der Waals surface area (Å²) < 4.78 is 9.56. The van der Waals surface area contributed by atoms with Gasteiger partial charge in [0, 0.05) is 27.6 Å². The van der Waals surface area contributed by atoms with Gasteiger partial charge in [0.05, 0.1) is 11.0 Å². The summed E-state index contributed by atoms with van der Waals surface area (Å²) in [6.07, 6.45) is 0. The second-order valence-electron chi connectivity index (χ2n) is 11.3. The summed E-state index contributed by atoms with van der Waals surface area (Å²) in [7, 11) is 0. The van der Waals surface area contributed by atoms with E-state index in [9.17, 15) is 0 Å². The van der Waals surface area contributed by atoms with Gasteiger partial charge >= 0.3 is 0 Å². The van der Waals surface area contributed by atoms with Crippen molar-refractivity contribution in [1.29, 1.82) is 0 Å². The maximum atomic E-state index is 7.09. The first-order valence-electron chi connectivity index (χ1n) is 13.1. The molecule has 176 valence electrons. The van der Waals surface area contributed by atoms with Gasteiger partial charge in [-0.25, -0.2) is 0 Å². The van der Waals surface area contributed by atoms with Crippen molar-refractivity contribution in [2.24, 2.45) is 0 Å². The summed E-state index contributed by atoms with van der Waals surface area (Å²) >= 11 is 0. The van der Waals surface area contributed by atoms with Crippen molar-refractivity contribution in [2.75, 3.05) is 0 Å². The fourth-order valence-electron chi connectivity index (χ4n) is 6.58. The number of hydrogen-bond donors (Lipinski definition) is 0. The van der Waals surface area contributed by atoms with Gasteiger partial charge in [-0.2, -0.15) is 0 Å². The van der Waals surface area contributed by atoms with E-state index < -0.39 is 0 Å². The van der Waals surface area contributed by atoms with Crippen molar-refractivity contribution < 1.29 is 4.74 Å². The summed E-state index contributed by atoms with van der Waals surface area (Å²) in [6.45, 7) is 7.00. The van der Waals surface area contributed by atoms with Gasteiger partial charge < -0.3 is 9.30 Å². The van der Waals surface area contributed by atoms with Crippen molar-refractivity contribution in [3.8, 4) is 28.3 Å². The summed E-state index contributed by atoms with van der Waals surface area (Å²) in [5, 5.41) is 2.61. The lowest BCUT2D eigenvalue weighted by Gasteiger charge is -2.36. The fourth-order valence-corrected chi connectivity index (χ4v) is 6.58. The number of nitrogens with zero attached hydrogens (tertiary/aromatic N) is 1. The Balaban J connectivity index is 1.58. The number of hydrogen-bond acceptors (Lipinski definition) is 1. The van der Waals surface area contributed by atoms with Crippen LogP contribution in [-0.4, -0.2) is 11.3 Å². The molecule has 0 amide bonds. The van der Waals surface area contributed by atoms with E-state index in [1.165, 1.54) is 55.0 Å². The molecule has 0 radical (unpaired) electrons. The average molecular weight is 475 g/mol.